The molecule has 13 heavy (non-hydrogen) atoms. The molecule has 1 atom stereocenters. The summed E-state index contributed by atoms with van der Waals surface area (Å²) in [6, 6.07) is 0. The molecule has 74 valence electrons. The van der Waals surface area contributed by atoms with E-state index in [0.717, 1.165) is 0 Å². The Hall–Kier alpha value is 0.356. The van der Waals surface area contributed by atoms with Crippen molar-refractivity contribution in [2.75, 3.05) is 12.8 Å². The Morgan fingerprint density at radius 2 is 2.00 bits per heavy atom. The van der Waals surface area contributed by atoms with Gasteiger partial charge in [-0.15, -0.1) is 13.2 Å². The standard InChI is InChI=1S/C7H14NO3P.Mg.2H/c1-3-5-7-12(9,11-8)10-6-4-2;;;/h3-4H,1-2,5-8H2;;;. The minimum Gasteiger partial charge on any atom is -0.303 e. The average Bonchev–Trinajstić information content (AvgIpc) is 2.11. The van der Waals surface area contributed by atoms with Crippen LogP contribution >= 0.6 is 7.60 Å². The first kappa shape index (κ1) is 15.8. The molecular formula is C7H16MgNO3P. The van der Waals surface area contributed by atoms with Gasteiger partial charge >= 0.3 is 30.6 Å². The van der Waals surface area contributed by atoms with E-state index in [4.69, 9.17) is 10.4 Å². The largest absolute Gasteiger partial charge is 0.347 e. The Labute approximate surface area is 94.8 Å². The number of hydrogen-bond donors (Lipinski definition) is 1. The number of allylic oxidation sites excluding steroid dienone is 1. The molecular weight excluding hydrogens is 201 g/mol. The van der Waals surface area contributed by atoms with Gasteiger partial charge in [0, 0.05) is 0 Å². The van der Waals surface area contributed by atoms with E-state index in [1.165, 1.54) is 6.08 Å². The third kappa shape index (κ3) is 7.43. The summed E-state index contributed by atoms with van der Waals surface area (Å²) >= 11 is 0. The summed E-state index contributed by atoms with van der Waals surface area (Å²) in [5.41, 5.74) is 0. The van der Waals surface area contributed by atoms with Gasteiger partial charge in [0.05, 0.1) is 12.8 Å². The zero-order valence-electron chi connectivity index (χ0n) is 6.94. The van der Waals surface area contributed by atoms with E-state index >= 15 is 0 Å². The van der Waals surface area contributed by atoms with Crippen LogP contribution in [0.25, 0.3) is 0 Å². The normalized spacial score (nSPS) is 13.9. The first-order valence-electron chi connectivity index (χ1n) is 3.52. The van der Waals surface area contributed by atoms with Crippen LogP contribution in [0.1, 0.15) is 6.42 Å². The maximum Gasteiger partial charge on any atom is 0.347 e. The van der Waals surface area contributed by atoms with Gasteiger partial charge in [-0.05, 0) is 6.42 Å². The molecule has 0 radical (unpaired) electrons. The molecule has 0 aliphatic rings. The smallest absolute Gasteiger partial charge is 0.303 e. The highest BCUT2D eigenvalue weighted by Crippen LogP contribution is 2.46. The van der Waals surface area contributed by atoms with Crippen LogP contribution in [0.15, 0.2) is 25.3 Å². The molecule has 0 aromatic rings. The fourth-order valence-electron chi connectivity index (χ4n) is 0.563. The lowest BCUT2D eigenvalue weighted by Crippen LogP contribution is -2.04. The van der Waals surface area contributed by atoms with Crippen LogP contribution < -0.4 is 5.90 Å². The SMILES string of the molecule is C=CCCP(=O)(ON)OCC=C.[MgH2]. The lowest BCUT2D eigenvalue weighted by atomic mass is 10.5. The maximum atomic E-state index is 11.4. The summed E-state index contributed by atoms with van der Waals surface area (Å²) in [5.74, 6) is 4.83. The Kier molecular flexibility index (Phi) is 10.9. The molecule has 0 aromatic carbocycles. The van der Waals surface area contributed by atoms with E-state index < -0.39 is 7.60 Å². The highest BCUT2D eigenvalue weighted by Gasteiger charge is 2.21. The minimum atomic E-state index is -3.10. The van der Waals surface area contributed by atoms with Gasteiger partial charge in [-0.2, -0.15) is 0 Å². The first-order valence-corrected chi connectivity index (χ1v) is 5.25. The van der Waals surface area contributed by atoms with Crippen molar-refractivity contribution in [3.63, 3.8) is 0 Å². The fourth-order valence-corrected chi connectivity index (χ4v) is 1.69. The van der Waals surface area contributed by atoms with E-state index in [0.29, 0.717) is 6.42 Å². The van der Waals surface area contributed by atoms with Crippen LogP contribution in [-0.4, -0.2) is 35.8 Å². The fraction of sp³-hybridized carbons (Fsp3) is 0.429. The van der Waals surface area contributed by atoms with Crippen LogP contribution in [0.4, 0.5) is 0 Å². The maximum absolute atomic E-state index is 11.4. The molecule has 0 aliphatic heterocycles. The number of hydrogen-bond acceptors (Lipinski definition) is 4. The third-order valence-electron chi connectivity index (χ3n) is 1.16. The van der Waals surface area contributed by atoms with Crippen molar-refractivity contribution < 1.29 is 13.7 Å². The molecule has 1 unspecified atom stereocenters. The van der Waals surface area contributed by atoms with Crippen LogP contribution in [0, 0.1) is 0 Å². The average molecular weight is 217 g/mol. The topological polar surface area (TPSA) is 61.5 Å². The van der Waals surface area contributed by atoms with Crippen molar-refractivity contribution in [3.05, 3.63) is 25.3 Å². The third-order valence-corrected chi connectivity index (χ3v) is 2.83. The van der Waals surface area contributed by atoms with E-state index in [2.05, 4.69) is 17.8 Å². The summed E-state index contributed by atoms with van der Waals surface area (Å²) in [5, 5.41) is 0. The number of rotatable bonds is 7. The van der Waals surface area contributed by atoms with Gasteiger partial charge in [0.15, 0.2) is 0 Å². The molecule has 0 fully saturated rings. The molecule has 6 heteroatoms. The van der Waals surface area contributed by atoms with Gasteiger partial charge in [0.1, 0.15) is 0 Å². The Morgan fingerprint density at radius 3 is 2.38 bits per heavy atom. The van der Waals surface area contributed by atoms with Crippen molar-refractivity contribution in [1.82, 2.24) is 0 Å². The van der Waals surface area contributed by atoms with Gasteiger partial charge in [0.2, 0.25) is 0 Å². The van der Waals surface area contributed by atoms with Gasteiger partial charge in [-0.3, -0.25) is 4.57 Å². The Balaban J connectivity index is 0. The molecule has 4 nitrogen and oxygen atoms in total. The van der Waals surface area contributed by atoms with Crippen LogP contribution in [-0.2, 0) is 13.7 Å². The van der Waals surface area contributed by atoms with Gasteiger partial charge in [-0.1, -0.05) is 12.2 Å². The van der Waals surface area contributed by atoms with Crippen molar-refractivity contribution in [3.8, 4) is 0 Å². The first-order chi connectivity index (χ1) is 5.68. The molecule has 0 heterocycles. The van der Waals surface area contributed by atoms with Crippen molar-refractivity contribution in [1.29, 1.82) is 0 Å². The summed E-state index contributed by atoms with van der Waals surface area (Å²) < 4.78 is 20.6. The summed E-state index contributed by atoms with van der Waals surface area (Å²) in [6.45, 7) is 7.07. The van der Waals surface area contributed by atoms with Crippen molar-refractivity contribution in [2.45, 2.75) is 6.42 Å². The minimum absolute atomic E-state index is 0. The van der Waals surface area contributed by atoms with Crippen molar-refractivity contribution >= 4 is 30.6 Å². The van der Waals surface area contributed by atoms with E-state index in [9.17, 15) is 4.57 Å². The molecule has 0 rings (SSSR count). The van der Waals surface area contributed by atoms with E-state index in [1.54, 1.807) is 6.08 Å². The highest BCUT2D eigenvalue weighted by molar-refractivity contribution is 7.53. The lowest BCUT2D eigenvalue weighted by molar-refractivity contribution is 0.224. The van der Waals surface area contributed by atoms with Crippen molar-refractivity contribution in [2.24, 2.45) is 5.90 Å². The van der Waals surface area contributed by atoms with Crippen LogP contribution in [0.2, 0.25) is 0 Å². The molecule has 0 amide bonds. The second kappa shape index (κ2) is 8.93. The van der Waals surface area contributed by atoms with E-state index in [-0.39, 0.29) is 35.8 Å². The zero-order valence-corrected chi connectivity index (χ0v) is 7.83. The van der Waals surface area contributed by atoms with Gasteiger partial charge in [0.25, 0.3) is 0 Å². The summed E-state index contributed by atoms with van der Waals surface area (Å²) in [4.78, 5) is 0. The second-order valence-electron chi connectivity index (χ2n) is 2.10. The molecule has 0 aliphatic carbocycles. The van der Waals surface area contributed by atoms with Crippen LogP contribution in [0.3, 0.4) is 0 Å². The second-order valence-corrected chi connectivity index (χ2v) is 4.24. The monoisotopic (exact) mass is 217 g/mol. The lowest BCUT2D eigenvalue weighted by Gasteiger charge is -2.12. The molecule has 0 aromatic heterocycles. The Morgan fingerprint density at radius 1 is 1.38 bits per heavy atom. The van der Waals surface area contributed by atoms with Gasteiger partial charge in [-0.25, -0.2) is 10.5 Å². The summed E-state index contributed by atoms with van der Waals surface area (Å²) in [7, 11) is -3.10. The Bertz CT molecular complexity index is 182. The summed E-state index contributed by atoms with van der Waals surface area (Å²) in [6.07, 6.45) is 3.91. The van der Waals surface area contributed by atoms with Gasteiger partial charge < -0.3 is 4.52 Å². The molecule has 0 saturated heterocycles. The number of nitrogens with two attached hydrogens (primary N) is 1. The molecule has 0 bridgehead atoms. The molecule has 0 saturated carbocycles. The highest BCUT2D eigenvalue weighted by atomic mass is 31.2. The molecule has 0 spiro atoms. The van der Waals surface area contributed by atoms with Crippen LogP contribution in [0.5, 0.6) is 0 Å². The zero-order chi connectivity index (χ0) is 9.45. The quantitative estimate of drug-likeness (QED) is 0.298. The predicted octanol–water partition coefficient (Wildman–Crippen LogP) is 0.932. The van der Waals surface area contributed by atoms with E-state index in [1.807, 2.05) is 0 Å². The molecule has 2 N–H and O–H groups in total. The predicted molar refractivity (Wildman–Crippen MR) is 57.3 cm³/mol.